The molecule has 3 rings (SSSR count). The predicted octanol–water partition coefficient (Wildman–Crippen LogP) is 5.31. The zero-order valence-corrected chi connectivity index (χ0v) is 23.4. The fraction of sp³-hybridized carbons (Fsp3) is 0.583. The van der Waals surface area contributed by atoms with Gasteiger partial charge in [-0.3, -0.25) is 4.31 Å². The van der Waals surface area contributed by atoms with Crippen LogP contribution >= 0.6 is 11.3 Å². The summed E-state index contributed by atoms with van der Waals surface area (Å²) in [6, 6.07) is 11.8. The van der Waals surface area contributed by atoms with Gasteiger partial charge in [0.25, 0.3) is 0 Å². The minimum Gasteiger partial charge on any atom is -0.392 e. The van der Waals surface area contributed by atoms with Gasteiger partial charge in [-0.15, -0.1) is 10.3 Å². The fourth-order valence-corrected chi connectivity index (χ4v) is 6.81. The number of rotatable bonds is 10. The summed E-state index contributed by atoms with van der Waals surface area (Å²) in [6.45, 7) is 6.24. The quantitative estimate of drug-likeness (QED) is 0.418. The van der Waals surface area contributed by atoms with Gasteiger partial charge in [0.2, 0.25) is 10.0 Å². The molecule has 1 saturated heterocycles. The monoisotopic (exact) mass is 537 g/mol. The van der Waals surface area contributed by atoms with E-state index in [0.29, 0.717) is 6.42 Å². The van der Waals surface area contributed by atoms with Crippen molar-refractivity contribution in [2.24, 2.45) is 0 Å². The van der Waals surface area contributed by atoms with E-state index in [1.54, 1.807) is 15.6 Å². The maximum absolute atomic E-state index is 12.8. The normalized spacial score (nSPS) is 19.2. The van der Waals surface area contributed by atoms with Crippen LogP contribution in [0.25, 0.3) is 0 Å². The summed E-state index contributed by atoms with van der Waals surface area (Å²) >= 11 is 1.64. The van der Waals surface area contributed by atoms with E-state index in [9.17, 15) is 13.5 Å². The Morgan fingerprint density at radius 3 is 2.55 bits per heavy atom. The smallest absolute Gasteiger partial charge is 0.235 e. The van der Waals surface area contributed by atoms with E-state index >= 15 is 0 Å². The van der Waals surface area contributed by atoms with Crippen LogP contribution in [-0.2, 0) is 54.6 Å². The van der Waals surface area contributed by atoms with E-state index in [1.807, 2.05) is 30.3 Å². The number of hydrogen-bond acceptors (Lipinski definition) is 4. The molecule has 2 heterocycles. The third kappa shape index (κ3) is 6.63. The largest absolute Gasteiger partial charge is 0.392 e. The first-order valence-corrected chi connectivity index (χ1v) is 13.4. The van der Waals surface area contributed by atoms with Crippen molar-refractivity contribution in [3.63, 3.8) is 0 Å². The summed E-state index contributed by atoms with van der Waals surface area (Å²) in [5.74, 6) is 0.216. The Balaban J connectivity index is 0.00000341. The van der Waals surface area contributed by atoms with Gasteiger partial charge >= 0.3 is 0 Å². The molecule has 1 aromatic carbocycles. The number of aryl methyl sites for hydroxylation is 1. The topological polar surface area (TPSA) is 57.6 Å². The average molecular weight is 538 g/mol. The van der Waals surface area contributed by atoms with Gasteiger partial charge in [0.15, 0.2) is 0 Å². The maximum atomic E-state index is 12.8. The molecule has 1 fully saturated rings. The molecule has 0 spiro atoms. The molecule has 7 heteroatoms. The number of hydrogen-bond donors (Lipinski definition) is 1. The van der Waals surface area contributed by atoms with E-state index in [1.165, 1.54) is 4.88 Å². The van der Waals surface area contributed by atoms with Gasteiger partial charge in [-0.05, 0) is 37.0 Å². The maximum Gasteiger partial charge on any atom is 0.235 e. The van der Waals surface area contributed by atoms with Gasteiger partial charge in [0.05, 0.1) is 17.5 Å². The molecule has 0 aliphatic carbocycles. The van der Waals surface area contributed by atoms with E-state index in [-0.39, 0.29) is 49.9 Å². The van der Waals surface area contributed by atoms with Crippen molar-refractivity contribution in [2.45, 2.75) is 83.3 Å². The Hall–Kier alpha value is -0.266. The number of nitrogens with zero attached hydrogens (tertiary/aromatic N) is 1. The molecule has 0 saturated carbocycles. The van der Waals surface area contributed by atoms with Crippen molar-refractivity contribution in [2.75, 3.05) is 10.1 Å². The summed E-state index contributed by atoms with van der Waals surface area (Å²) in [4.78, 5) is 1.30. The molecular formula is C24H34NO3S2Y-. The molecule has 2 unspecified atom stereocenters. The molecule has 1 aromatic heterocycles. The predicted molar refractivity (Wildman–Crippen MR) is 126 cm³/mol. The van der Waals surface area contributed by atoms with Crippen LogP contribution in [0.3, 0.4) is 0 Å². The molecule has 169 valence electrons. The van der Waals surface area contributed by atoms with Crippen LogP contribution in [0.15, 0.2) is 36.4 Å². The Morgan fingerprint density at radius 2 is 1.94 bits per heavy atom. The van der Waals surface area contributed by atoms with Gasteiger partial charge in [0, 0.05) is 44.2 Å². The second kappa shape index (κ2) is 11.7. The third-order valence-corrected chi connectivity index (χ3v) is 9.07. The van der Waals surface area contributed by atoms with Crippen LogP contribution in [0.1, 0.15) is 69.7 Å². The van der Waals surface area contributed by atoms with E-state index < -0.39 is 16.1 Å². The summed E-state index contributed by atoms with van der Waals surface area (Å²) in [6.07, 6.45) is 5.91. The minimum atomic E-state index is -3.27. The number of aliphatic hydroxyl groups excluding tert-OH is 1. The second-order valence-electron chi connectivity index (χ2n) is 8.89. The van der Waals surface area contributed by atoms with Gasteiger partial charge in [-0.2, -0.15) is 6.07 Å². The third-order valence-electron chi connectivity index (χ3n) is 6.36. The van der Waals surface area contributed by atoms with Gasteiger partial charge in [0.1, 0.15) is 0 Å². The summed E-state index contributed by atoms with van der Waals surface area (Å²) in [5.41, 5.74) is 1.41. The summed E-state index contributed by atoms with van der Waals surface area (Å²) in [7, 11) is -3.27. The Kier molecular flexibility index (Phi) is 10.2. The fourth-order valence-electron chi connectivity index (χ4n) is 4.27. The van der Waals surface area contributed by atoms with E-state index in [2.05, 4.69) is 32.2 Å². The number of benzene rings is 1. The van der Waals surface area contributed by atoms with Gasteiger partial charge in [-0.1, -0.05) is 58.6 Å². The molecular weight excluding hydrogens is 503 g/mol. The van der Waals surface area contributed by atoms with E-state index in [0.717, 1.165) is 49.8 Å². The standard InChI is InChI=1S/C24H34NO3S2.Y/c1-4-5-11-23(26)24(2,3)19-12-14-21(15-13-19)25-20(16-18-30(25,27)28)8-6-9-22-10-7-17-29-22;/h7,10,12-15,20,23,26H,4-6,8-9,11,16,18H2,1-3H3;/q-1;. The molecule has 1 aliphatic rings. The van der Waals surface area contributed by atoms with Crippen LogP contribution in [0.5, 0.6) is 0 Å². The van der Waals surface area contributed by atoms with Crippen molar-refractivity contribution in [1.29, 1.82) is 0 Å². The zero-order valence-electron chi connectivity index (χ0n) is 18.9. The number of sulfonamides is 1. The van der Waals surface area contributed by atoms with Crippen molar-refractivity contribution in [3.05, 3.63) is 52.2 Å². The minimum absolute atomic E-state index is 0. The first-order chi connectivity index (χ1) is 14.3. The molecule has 1 radical (unpaired) electrons. The summed E-state index contributed by atoms with van der Waals surface area (Å²) < 4.78 is 27.1. The van der Waals surface area contributed by atoms with Crippen LogP contribution < -0.4 is 4.31 Å². The molecule has 31 heavy (non-hydrogen) atoms. The van der Waals surface area contributed by atoms with Crippen LogP contribution in [0.4, 0.5) is 5.69 Å². The number of thiophene rings is 1. The van der Waals surface area contributed by atoms with Gasteiger partial charge in [-0.25, -0.2) is 14.5 Å². The number of aliphatic hydroxyl groups is 1. The molecule has 0 bridgehead atoms. The average Bonchev–Trinajstić information content (AvgIpc) is 3.33. The molecule has 4 nitrogen and oxygen atoms in total. The van der Waals surface area contributed by atoms with Crippen molar-refractivity contribution < 1.29 is 46.2 Å². The van der Waals surface area contributed by atoms with Gasteiger partial charge < -0.3 is 16.4 Å². The first-order valence-electron chi connectivity index (χ1n) is 11.0. The first kappa shape index (κ1) is 27.0. The molecule has 1 N–H and O–H groups in total. The molecule has 0 amide bonds. The zero-order chi connectivity index (χ0) is 21.8. The second-order valence-corrected chi connectivity index (χ2v) is 11.8. The van der Waals surface area contributed by atoms with Crippen LogP contribution in [-0.4, -0.2) is 31.4 Å². The van der Waals surface area contributed by atoms with Crippen molar-refractivity contribution >= 4 is 27.0 Å². The Labute approximate surface area is 217 Å². The molecule has 1 aliphatic heterocycles. The Morgan fingerprint density at radius 1 is 1.23 bits per heavy atom. The van der Waals surface area contributed by atoms with Crippen LogP contribution in [0, 0.1) is 5.38 Å². The summed E-state index contributed by atoms with van der Waals surface area (Å²) in [5, 5.41) is 13.7. The molecule has 2 aromatic rings. The van der Waals surface area contributed by atoms with Crippen LogP contribution in [0.2, 0.25) is 0 Å². The van der Waals surface area contributed by atoms with Crippen molar-refractivity contribution in [1.82, 2.24) is 0 Å². The number of anilines is 1. The van der Waals surface area contributed by atoms with Crippen molar-refractivity contribution in [3.8, 4) is 0 Å². The molecule has 2 atom stereocenters. The SMILES string of the molecule is CCCCC(O)C(C)(C)c1ccc(N2C(CCCc3cc[c-]s3)CCS2(=O)=O)cc1.[Y]. The van der Waals surface area contributed by atoms with E-state index in [4.69, 9.17) is 0 Å². The number of unbranched alkanes of at least 4 members (excludes halogenated alkanes) is 1. The Bertz CT molecular complexity index is 895.